The molecule has 0 aliphatic carbocycles. The van der Waals surface area contributed by atoms with E-state index < -0.39 is 0 Å². The number of nitrogens with one attached hydrogen (secondary N) is 1. The number of amides is 1. The summed E-state index contributed by atoms with van der Waals surface area (Å²) in [6.45, 7) is 19.5. The zero-order valence-electron chi connectivity index (χ0n) is 22.4. The minimum atomic E-state index is -0.210. The largest absolute Gasteiger partial charge is 0.445 e. The molecule has 0 spiro atoms. The number of ether oxygens (including phenoxy) is 1. The van der Waals surface area contributed by atoms with Crippen LogP contribution >= 0.6 is 0 Å². The first-order valence-corrected chi connectivity index (χ1v) is 12.8. The fourth-order valence-electron chi connectivity index (χ4n) is 4.81. The maximum absolute atomic E-state index is 12.5. The van der Waals surface area contributed by atoms with Crippen LogP contribution in [0.4, 0.5) is 4.79 Å². The van der Waals surface area contributed by atoms with Gasteiger partial charge in [0.25, 0.3) is 0 Å². The molecule has 2 atom stereocenters. The zero-order valence-corrected chi connectivity index (χ0v) is 22.4. The number of benzene rings is 2. The van der Waals surface area contributed by atoms with Crippen molar-refractivity contribution in [2.24, 2.45) is 0 Å². The van der Waals surface area contributed by atoms with Crippen molar-refractivity contribution in [3.8, 4) is 0 Å². The Labute approximate surface area is 207 Å². The SMILES string of the molecule is CCN(CC)C(=O)O[C@H]1CN[C@@H](C(c2ccc(C(C)(C)C)cc2)c2ccc(C(C)(C)C)cc2)C1. The fraction of sp³-hybridized carbons (Fsp3) is 0.567. The van der Waals surface area contributed by atoms with Crippen molar-refractivity contribution < 1.29 is 9.53 Å². The highest BCUT2D eigenvalue weighted by atomic mass is 16.6. The summed E-state index contributed by atoms with van der Waals surface area (Å²) in [6, 6.07) is 18.4. The van der Waals surface area contributed by atoms with Gasteiger partial charge in [0.2, 0.25) is 0 Å². The quantitative estimate of drug-likeness (QED) is 0.522. The molecular formula is C30H44N2O2. The van der Waals surface area contributed by atoms with E-state index in [1.807, 2.05) is 13.8 Å². The van der Waals surface area contributed by atoms with Crippen LogP contribution in [0, 0.1) is 0 Å². The number of carbonyl (C=O) groups is 1. The lowest BCUT2D eigenvalue weighted by Gasteiger charge is -2.27. The van der Waals surface area contributed by atoms with Gasteiger partial charge in [0.05, 0.1) is 0 Å². The lowest BCUT2D eigenvalue weighted by atomic mass is 9.80. The Hall–Kier alpha value is -2.33. The second-order valence-corrected chi connectivity index (χ2v) is 11.7. The molecule has 0 aromatic heterocycles. The van der Waals surface area contributed by atoms with Crippen molar-refractivity contribution in [3.63, 3.8) is 0 Å². The molecule has 3 rings (SSSR count). The third-order valence-corrected chi connectivity index (χ3v) is 7.09. The summed E-state index contributed by atoms with van der Waals surface area (Å²) in [5.41, 5.74) is 5.51. The molecule has 0 unspecified atom stereocenters. The summed E-state index contributed by atoms with van der Waals surface area (Å²) in [7, 11) is 0. The predicted molar refractivity (Wildman–Crippen MR) is 142 cm³/mol. The maximum Gasteiger partial charge on any atom is 0.410 e. The maximum atomic E-state index is 12.5. The van der Waals surface area contributed by atoms with Crippen LogP contribution in [0.15, 0.2) is 48.5 Å². The Morgan fingerprint density at radius 2 is 1.32 bits per heavy atom. The molecule has 186 valence electrons. The van der Waals surface area contributed by atoms with E-state index in [9.17, 15) is 4.79 Å². The standard InChI is InChI=1S/C30H44N2O2/c1-9-32(10-2)28(33)34-25-19-26(31-20-25)27(21-11-15-23(16-12-21)29(3,4)5)22-13-17-24(18-14-22)30(6,7)8/h11-18,25-27,31H,9-10,19-20H2,1-8H3/t25-,26-/m1/s1. The van der Waals surface area contributed by atoms with Crippen molar-refractivity contribution in [2.45, 2.75) is 90.7 Å². The molecule has 1 heterocycles. The third kappa shape index (κ3) is 6.21. The Morgan fingerprint density at radius 3 is 1.71 bits per heavy atom. The molecule has 1 amide bonds. The normalized spacial score (nSPS) is 18.9. The van der Waals surface area contributed by atoms with Gasteiger partial charge in [-0.2, -0.15) is 0 Å². The Balaban J connectivity index is 1.88. The zero-order chi connectivity index (χ0) is 25.1. The second kappa shape index (κ2) is 10.5. The summed E-state index contributed by atoms with van der Waals surface area (Å²) < 4.78 is 5.86. The molecule has 1 fully saturated rings. The van der Waals surface area contributed by atoms with Gasteiger partial charge in [0.1, 0.15) is 6.10 Å². The summed E-state index contributed by atoms with van der Waals surface area (Å²) in [6.07, 6.45) is 0.487. The number of carbonyl (C=O) groups excluding carboxylic acids is 1. The monoisotopic (exact) mass is 464 g/mol. The Kier molecular flexibility index (Phi) is 8.13. The van der Waals surface area contributed by atoms with Gasteiger partial charge in [0, 0.05) is 38.0 Å². The first-order valence-electron chi connectivity index (χ1n) is 12.8. The van der Waals surface area contributed by atoms with E-state index in [0.29, 0.717) is 19.6 Å². The molecular weight excluding hydrogens is 420 g/mol. The molecule has 0 radical (unpaired) electrons. The average Bonchev–Trinajstić information content (AvgIpc) is 3.22. The van der Waals surface area contributed by atoms with Crippen molar-refractivity contribution in [1.29, 1.82) is 0 Å². The second-order valence-electron chi connectivity index (χ2n) is 11.7. The lowest BCUT2D eigenvalue weighted by Crippen LogP contribution is -2.34. The highest BCUT2D eigenvalue weighted by Gasteiger charge is 2.35. The van der Waals surface area contributed by atoms with E-state index >= 15 is 0 Å². The van der Waals surface area contributed by atoms with Crippen molar-refractivity contribution in [3.05, 3.63) is 70.8 Å². The summed E-state index contributed by atoms with van der Waals surface area (Å²) >= 11 is 0. The topological polar surface area (TPSA) is 41.6 Å². The Morgan fingerprint density at radius 1 is 0.882 bits per heavy atom. The smallest absolute Gasteiger partial charge is 0.410 e. The first-order chi connectivity index (χ1) is 15.9. The first kappa shape index (κ1) is 26.3. The van der Waals surface area contributed by atoms with Crippen LogP contribution in [0.5, 0.6) is 0 Å². The Bertz CT molecular complexity index is 874. The van der Waals surface area contributed by atoms with E-state index in [4.69, 9.17) is 4.74 Å². The van der Waals surface area contributed by atoms with E-state index in [-0.39, 0.29) is 35.0 Å². The summed E-state index contributed by atoms with van der Waals surface area (Å²) in [5.74, 6) is 0.195. The van der Waals surface area contributed by atoms with Gasteiger partial charge in [-0.05, 0) is 46.9 Å². The van der Waals surface area contributed by atoms with E-state index in [2.05, 4.69) is 95.4 Å². The highest BCUT2D eigenvalue weighted by molar-refractivity contribution is 5.67. The van der Waals surface area contributed by atoms with Crippen molar-refractivity contribution >= 4 is 6.09 Å². The highest BCUT2D eigenvalue weighted by Crippen LogP contribution is 2.35. The van der Waals surface area contributed by atoms with Crippen LogP contribution in [-0.4, -0.2) is 42.8 Å². The van der Waals surface area contributed by atoms with Gasteiger partial charge in [-0.25, -0.2) is 4.79 Å². The summed E-state index contributed by atoms with van der Waals surface area (Å²) in [4.78, 5) is 14.3. The van der Waals surface area contributed by atoms with Crippen LogP contribution in [0.1, 0.15) is 90.0 Å². The molecule has 2 aromatic rings. The van der Waals surface area contributed by atoms with Crippen molar-refractivity contribution in [2.75, 3.05) is 19.6 Å². The van der Waals surface area contributed by atoms with Gasteiger partial charge in [0.15, 0.2) is 0 Å². The summed E-state index contributed by atoms with van der Waals surface area (Å²) in [5, 5.41) is 3.68. The molecule has 34 heavy (non-hydrogen) atoms. The molecule has 0 bridgehead atoms. The van der Waals surface area contributed by atoms with E-state index in [1.54, 1.807) is 4.90 Å². The number of hydrogen-bond donors (Lipinski definition) is 1. The number of nitrogens with zero attached hydrogens (tertiary/aromatic N) is 1. The molecule has 0 saturated carbocycles. The molecule has 1 aliphatic rings. The van der Waals surface area contributed by atoms with Crippen LogP contribution in [-0.2, 0) is 15.6 Å². The van der Waals surface area contributed by atoms with Gasteiger partial charge in [-0.15, -0.1) is 0 Å². The average molecular weight is 465 g/mol. The minimum Gasteiger partial charge on any atom is -0.445 e. The lowest BCUT2D eigenvalue weighted by molar-refractivity contribution is 0.0721. The van der Waals surface area contributed by atoms with Crippen molar-refractivity contribution in [1.82, 2.24) is 10.2 Å². The van der Waals surface area contributed by atoms with Gasteiger partial charge < -0.3 is 15.0 Å². The minimum absolute atomic E-state index is 0.108. The van der Waals surface area contributed by atoms with Crippen LogP contribution in [0.3, 0.4) is 0 Å². The van der Waals surface area contributed by atoms with Crippen LogP contribution in [0.25, 0.3) is 0 Å². The molecule has 1 aliphatic heterocycles. The molecule has 4 heteroatoms. The molecule has 2 aromatic carbocycles. The third-order valence-electron chi connectivity index (χ3n) is 7.09. The van der Waals surface area contributed by atoms with Crippen LogP contribution in [0.2, 0.25) is 0 Å². The van der Waals surface area contributed by atoms with Crippen LogP contribution < -0.4 is 5.32 Å². The van der Waals surface area contributed by atoms with Gasteiger partial charge in [-0.1, -0.05) is 90.1 Å². The molecule has 1 N–H and O–H groups in total. The predicted octanol–water partition coefficient (Wildman–Crippen LogP) is 6.62. The van der Waals surface area contributed by atoms with Gasteiger partial charge >= 0.3 is 6.09 Å². The van der Waals surface area contributed by atoms with E-state index in [1.165, 1.54) is 22.3 Å². The number of rotatable bonds is 6. The number of hydrogen-bond acceptors (Lipinski definition) is 3. The fourth-order valence-corrected chi connectivity index (χ4v) is 4.81. The van der Waals surface area contributed by atoms with E-state index in [0.717, 1.165) is 6.42 Å². The molecule has 4 nitrogen and oxygen atoms in total. The molecule has 1 saturated heterocycles. The van der Waals surface area contributed by atoms with Gasteiger partial charge in [-0.3, -0.25) is 0 Å².